The van der Waals surface area contributed by atoms with Crippen LogP contribution in [0.2, 0.25) is 0 Å². The molecule has 0 bridgehead atoms. The highest BCUT2D eigenvalue weighted by molar-refractivity contribution is 5.45. The molecule has 2 nitrogen and oxygen atoms in total. The number of rotatable bonds is 2. The fourth-order valence-corrected chi connectivity index (χ4v) is 0.559. The molecular weight excluding hydrogens is 124 g/mol. The lowest BCUT2D eigenvalue weighted by Crippen LogP contribution is -1.85. The van der Waals surface area contributed by atoms with E-state index in [1.807, 2.05) is 0 Å². The van der Waals surface area contributed by atoms with Gasteiger partial charge in [0.05, 0.1) is 0 Å². The summed E-state index contributed by atoms with van der Waals surface area (Å²) in [5.74, 6) is 0.644. The molecule has 2 heteroatoms. The third-order valence-electron chi connectivity index (χ3n) is 1.11. The van der Waals surface area contributed by atoms with E-state index in [9.17, 15) is 0 Å². The molecule has 0 amide bonds. The summed E-state index contributed by atoms with van der Waals surface area (Å²) in [5, 5.41) is 0. The summed E-state index contributed by atoms with van der Waals surface area (Å²) in [5.41, 5.74) is 0.922. The maximum absolute atomic E-state index is 3.97. The average molecular weight is 132 g/mol. The van der Waals surface area contributed by atoms with E-state index in [4.69, 9.17) is 0 Å². The number of nitrogens with zero attached hydrogens (tertiary/aromatic N) is 2. The van der Waals surface area contributed by atoms with Gasteiger partial charge in [0.1, 0.15) is 0 Å². The largest absolute Gasteiger partial charge is 0.237 e. The van der Waals surface area contributed by atoms with Crippen LogP contribution in [0.3, 0.4) is 0 Å². The van der Waals surface area contributed by atoms with Gasteiger partial charge in [-0.1, -0.05) is 19.2 Å². The molecule has 50 valence electrons. The molecular formula is C8H8N2. The van der Waals surface area contributed by atoms with Crippen LogP contribution in [0.4, 0.5) is 0 Å². The van der Waals surface area contributed by atoms with E-state index in [2.05, 4.69) is 23.1 Å². The zero-order valence-electron chi connectivity index (χ0n) is 5.62. The van der Waals surface area contributed by atoms with Gasteiger partial charge in [0.25, 0.3) is 0 Å². The van der Waals surface area contributed by atoms with E-state index in [1.165, 1.54) is 0 Å². The van der Waals surface area contributed by atoms with Crippen molar-refractivity contribution in [3.63, 3.8) is 0 Å². The molecule has 1 heterocycles. The van der Waals surface area contributed by atoms with Crippen molar-refractivity contribution >= 4 is 12.2 Å². The average Bonchev–Trinajstić information content (AvgIpc) is 2.05. The Labute approximate surface area is 60.0 Å². The SMILES string of the molecule is C=Cc1cnc(C=C)nc1. The van der Waals surface area contributed by atoms with Gasteiger partial charge in [-0.25, -0.2) is 9.97 Å². The lowest BCUT2D eigenvalue weighted by molar-refractivity contribution is 1.13. The normalized spacial score (nSPS) is 8.80. The molecule has 0 saturated heterocycles. The molecule has 0 aromatic carbocycles. The van der Waals surface area contributed by atoms with E-state index in [1.54, 1.807) is 24.5 Å². The molecule has 1 rings (SSSR count). The van der Waals surface area contributed by atoms with Gasteiger partial charge >= 0.3 is 0 Å². The fourth-order valence-electron chi connectivity index (χ4n) is 0.559. The van der Waals surface area contributed by atoms with Gasteiger partial charge in [0.2, 0.25) is 0 Å². The third-order valence-corrected chi connectivity index (χ3v) is 1.11. The number of hydrogen-bond donors (Lipinski definition) is 0. The summed E-state index contributed by atoms with van der Waals surface area (Å²) in [4.78, 5) is 7.94. The summed E-state index contributed by atoms with van der Waals surface area (Å²) in [7, 11) is 0. The predicted molar refractivity (Wildman–Crippen MR) is 42.2 cm³/mol. The highest BCUT2D eigenvalue weighted by Gasteiger charge is 1.87. The molecule has 0 spiro atoms. The standard InChI is InChI=1S/C8H8N2/c1-3-7-5-9-8(4-2)10-6-7/h3-6H,1-2H2. The fraction of sp³-hybridized carbons (Fsp3) is 0. The van der Waals surface area contributed by atoms with Crippen LogP contribution in [0.1, 0.15) is 11.4 Å². The minimum Gasteiger partial charge on any atom is -0.237 e. The Hall–Kier alpha value is -1.44. The van der Waals surface area contributed by atoms with Gasteiger partial charge in [-0.15, -0.1) is 0 Å². The Morgan fingerprint density at radius 1 is 1.10 bits per heavy atom. The van der Waals surface area contributed by atoms with Gasteiger partial charge in [-0.3, -0.25) is 0 Å². The molecule has 0 radical (unpaired) electrons. The van der Waals surface area contributed by atoms with Crippen LogP contribution < -0.4 is 0 Å². The second-order valence-corrected chi connectivity index (χ2v) is 1.78. The monoisotopic (exact) mass is 132 g/mol. The van der Waals surface area contributed by atoms with Crippen LogP contribution in [-0.4, -0.2) is 9.97 Å². The van der Waals surface area contributed by atoms with Crippen LogP contribution >= 0.6 is 0 Å². The molecule has 0 atom stereocenters. The molecule has 1 aromatic heterocycles. The van der Waals surface area contributed by atoms with Crippen LogP contribution in [-0.2, 0) is 0 Å². The quantitative estimate of drug-likeness (QED) is 0.612. The van der Waals surface area contributed by atoms with Crippen molar-refractivity contribution in [2.24, 2.45) is 0 Å². The summed E-state index contributed by atoms with van der Waals surface area (Å²) in [6.45, 7) is 7.12. The maximum Gasteiger partial charge on any atom is 0.151 e. The van der Waals surface area contributed by atoms with Gasteiger partial charge < -0.3 is 0 Å². The summed E-state index contributed by atoms with van der Waals surface area (Å²) < 4.78 is 0. The Kier molecular flexibility index (Phi) is 1.95. The molecule has 0 aliphatic rings. The third kappa shape index (κ3) is 1.29. The van der Waals surface area contributed by atoms with Crippen molar-refractivity contribution in [3.05, 3.63) is 36.9 Å². The van der Waals surface area contributed by atoms with Crippen LogP contribution in [0, 0.1) is 0 Å². The Morgan fingerprint density at radius 3 is 2.10 bits per heavy atom. The van der Waals surface area contributed by atoms with Crippen molar-refractivity contribution in [2.75, 3.05) is 0 Å². The first-order valence-corrected chi connectivity index (χ1v) is 2.93. The zero-order chi connectivity index (χ0) is 7.40. The topological polar surface area (TPSA) is 25.8 Å². The summed E-state index contributed by atoms with van der Waals surface area (Å²) in [6.07, 6.45) is 6.72. The second kappa shape index (κ2) is 2.92. The highest BCUT2D eigenvalue weighted by Crippen LogP contribution is 1.97. The van der Waals surface area contributed by atoms with Crippen molar-refractivity contribution in [1.29, 1.82) is 0 Å². The van der Waals surface area contributed by atoms with Crippen molar-refractivity contribution in [2.45, 2.75) is 0 Å². The van der Waals surface area contributed by atoms with Crippen LogP contribution in [0.5, 0.6) is 0 Å². The Morgan fingerprint density at radius 2 is 1.70 bits per heavy atom. The van der Waals surface area contributed by atoms with E-state index in [0.29, 0.717) is 5.82 Å². The molecule has 0 aliphatic carbocycles. The molecule has 10 heavy (non-hydrogen) atoms. The first kappa shape index (κ1) is 6.68. The zero-order valence-corrected chi connectivity index (χ0v) is 5.62. The molecule has 0 unspecified atom stereocenters. The maximum atomic E-state index is 3.97. The lowest BCUT2D eigenvalue weighted by atomic mass is 10.3. The van der Waals surface area contributed by atoms with Crippen LogP contribution in [0.15, 0.2) is 25.6 Å². The molecule has 0 fully saturated rings. The van der Waals surface area contributed by atoms with E-state index in [0.717, 1.165) is 5.56 Å². The minimum atomic E-state index is 0.644. The van der Waals surface area contributed by atoms with Gasteiger partial charge in [-0.05, 0) is 6.08 Å². The van der Waals surface area contributed by atoms with Crippen molar-refractivity contribution in [1.82, 2.24) is 9.97 Å². The smallest absolute Gasteiger partial charge is 0.151 e. The second-order valence-electron chi connectivity index (χ2n) is 1.78. The van der Waals surface area contributed by atoms with E-state index in [-0.39, 0.29) is 0 Å². The molecule has 0 N–H and O–H groups in total. The molecule has 1 aromatic rings. The van der Waals surface area contributed by atoms with Crippen molar-refractivity contribution in [3.8, 4) is 0 Å². The molecule has 0 aliphatic heterocycles. The van der Waals surface area contributed by atoms with E-state index >= 15 is 0 Å². The first-order chi connectivity index (χ1) is 4.86. The van der Waals surface area contributed by atoms with Crippen molar-refractivity contribution < 1.29 is 0 Å². The molecule has 0 saturated carbocycles. The lowest BCUT2D eigenvalue weighted by Gasteiger charge is -1.90. The Balaban J connectivity index is 3.00. The Bertz CT molecular complexity index is 209. The van der Waals surface area contributed by atoms with Crippen LogP contribution in [0.25, 0.3) is 12.2 Å². The van der Waals surface area contributed by atoms with E-state index < -0.39 is 0 Å². The highest BCUT2D eigenvalue weighted by atomic mass is 14.8. The number of aromatic nitrogens is 2. The first-order valence-electron chi connectivity index (χ1n) is 2.93. The van der Waals surface area contributed by atoms with Gasteiger partial charge in [0.15, 0.2) is 5.82 Å². The predicted octanol–water partition coefficient (Wildman–Crippen LogP) is 1.76. The minimum absolute atomic E-state index is 0.644. The van der Waals surface area contributed by atoms with Gasteiger partial charge in [-0.2, -0.15) is 0 Å². The summed E-state index contributed by atoms with van der Waals surface area (Å²) in [6, 6.07) is 0. The number of hydrogen-bond acceptors (Lipinski definition) is 2. The van der Waals surface area contributed by atoms with Gasteiger partial charge in [0, 0.05) is 18.0 Å². The summed E-state index contributed by atoms with van der Waals surface area (Å²) >= 11 is 0.